The number of nitrogens with zero attached hydrogens (tertiary/aromatic N) is 2. The molecule has 0 aliphatic rings. The molecule has 2 rings (SSSR count). The monoisotopic (exact) mass is 276 g/mol. The first kappa shape index (κ1) is 14.0. The smallest absolute Gasteiger partial charge is 0.202 e. The number of aryl methyl sites for hydroxylation is 1. The summed E-state index contributed by atoms with van der Waals surface area (Å²) in [7, 11) is 0. The summed E-state index contributed by atoms with van der Waals surface area (Å²) in [6.45, 7) is 4.82. The van der Waals surface area contributed by atoms with E-state index in [0.717, 1.165) is 23.8 Å². The van der Waals surface area contributed by atoms with Gasteiger partial charge in [0.05, 0.1) is 0 Å². The minimum atomic E-state index is 0.278. The molecule has 0 spiro atoms. The van der Waals surface area contributed by atoms with Crippen molar-refractivity contribution < 1.29 is 0 Å². The van der Waals surface area contributed by atoms with E-state index in [4.69, 9.17) is 5.73 Å². The summed E-state index contributed by atoms with van der Waals surface area (Å²) in [6.07, 6.45) is 1.77. The van der Waals surface area contributed by atoms with Crippen molar-refractivity contribution in [3.63, 3.8) is 0 Å². The first-order valence-electron chi connectivity index (χ1n) is 6.56. The summed E-state index contributed by atoms with van der Waals surface area (Å²) in [5, 5.41) is 4.18. The van der Waals surface area contributed by atoms with Crippen molar-refractivity contribution in [1.29, 1.82) is 0 Å². The van der Waals surface area contributed by atoms with E-state index in [1.807, 2.05) is 0 Å². The second-order valence-electron chi connectivity index (χ2n) is 4.67. The maximum absolute atomic E-state index is 5.67. The minimum Gasteiger partial charge on any atom is -0.356 e. The van der Waals surface area contributed by atoms with E-state index in [1.165, 1.54) is 22.7 Å². The summed E-state index contributed by atoms with van der Waals surface area (Å²) in [5.74, 6) is 0.866. The average molecular weight is 276 g/mol. The average Bonchev–Trinajstić information content (AvgIpc) is 2.83. The summed E-state index contributed by atoms with van der Waals surface area (Å²) in [5.41, 5.74) is 8.18. The van der Waals surface area contributed by atoms with E-state index in [-0.39, 0.29) is 6.04 Å². The third kappa shape index (κ3) is 4.01. The number of hydrogen-bond donors (Lipinski definition) is 2. The Morgan fingerprint density at radius 1 is 1.42 bits per heavy atom. The van der Waals surface area contributed by atoms with Crippen LogP contribution in [0.25, 0.3) is 0 Å². The molecule has 5 heteroatoms. The first-order valence-corrected chi connectivity index (χ1v) is 7.33. The lowest BCUT2D eigenvalue weighted by Crippen LogP contribution is -2.27. The van der Waals surface area contributed by atoms with E-state index >= 15 is 0 Å². The molecule has 0 amide bonds. The van der Waals surface area contributed by atoms with Crippen LogP contribution in [-0.4, -0.2) is 21.9 Å². The fourth-order valence-corrected chi connectivity index (χ4v) is 2.55. The molecule has 1 atom stereocenters. The number of benzene rings is 1. The van der Waals surface area contributed by atoms with Gasteiger partial charge >= 0.3 is 0 Å². The van der Waals surface area contributed by atoms with E-state index in [1.54, 1.807) is 0 Å². The molecule has 1 unspecified atom stereocenters. The number of anilines is 1. The fourth-order valence-electron chi connectivity index (χ4n) is 1.89. The Bertz CT molecular complexity index is 520. The molecule has 2 aromatic rings. The van der Waals surface area contributed by atoms with Crippen LogP contribution < -0.4 is 11.1 Å². The van der Waals surface area contributed by atoms with Gasteiger partial charge in [0, 0.05) is 30.5 Å². The zero-order valence-electron chi connectivity index (χ0n) is 11.4. The van der Waals surface area contributed by atoms with Crippen molar-refractivity contribution in [3.05, 3.63) is 41.2 Å². The highest BCUT2D eigenvalue weighted by molar-refractivity contribution is 7.09. The van der Waals surface area contributed by atoms with Crippen LogP contribution in [0.3, 0.4) is 0 Å². The Kier molecular flexibility index (Phi) is 4.87. The van der Waals surface area contributed by atoms with Crippen LogP contribution in [0.1, 0.15) is 30.3 Å². The van der Waals surface area contributed by atoms with Gasteiger partial charge in [0.1, 0.15) is 5.82 Å². The van der Waals surface area contributed by atoms with Gasteiger partial charge in [-0.2, -0.15) is 4.37 Å². The summed E-state index contributed by atoms with van der Waals surface area (Å²) in [4.78, 5) is 4.51. The maximum atomic E-state index is 5.67. The number of nitrogens with two attached hydrogens (primary N) is 1. The summed E-state index contributed by atoms with van der Waals surface area (Å²) < 4.78 is 4.39. The second-order valence-corrected chi connectivity index (χ2v) is 5.42. The molecule has 0 radical (unpaired) electrons. The van der Waals surface area contributed by atoms with E-state index in [0.29, 0.717) is 6.54 Å². The van der Waals surface area contributed by atoms with Crippen molar-refractivity contribution in [2.24, 2.45) is 5.73 Å². The molecular weight excluding hydrogens is 256 g/mol. The van der Waals surface area contributed by atoms with Gasteiger partial charge in [-0.15, -0.1) is 0 Å². The van der Waals surface area contributed by atoms with Gasteiger partial charge in [-0.1, -0.05) is 36.8 Å². The lowest BCUT2D eigenvalue weighted by atomic mass is 10.1. The van der Waals surface area contributed by atoms with Crippen LogP contribution >= 0.6 is 11.5 Å². The van der Waals surface area contributed by atoms with Gasteiger partial charge in [-0.05, 0) is 18.9 Å². The lowest BCUT2D eigenvalue weighted by Gasteiger charge is -2.12. The van der Waals surface area contributed by atoms with Crippen molar-refractivity contribution in [3.8, 4) is 0 Å². The normalized spacial score (nSPS) is 12.4. The Morgan fingerprint density at radius 3 is 2.95 bits per heavy atom. The first-order chi connectivity index (χ1) is 9.21. The Morgan fingerprint density at radius 2 is 2.26 bits per heavy atom. The summed E-state index contributed by atoms with van der Waals surface area (Å²) in [6, 6.07) is 8.72. The van der Waals surface area contributed by atoms with E-state index in [9.17, 15) is 0 Å². The van der Waals surface area contributed by atoms with E-state index in [2.05, 4.69) is 52.8 Å². The van der Waals surface area contributed by atoms with Crippen molar-refractivity contribution in [2.75, 3.05) is 11.9 Å². The van der Waals surface area contributed by atoms with Crippen molar-refractivity contribution in [1.82, 2.24) is 9.36 Å². The topological polar surface area (TPSA) is 63.8 Å². The molecule has 0 bridgehead atoms. The molecule has 19 heavy (non-hydrogen) atoms. The summed E-state index contributed by atoms with van der Waals surface area (Å²) >= 11 is 1.40. The Labute approximate surface area is 118 Å². The molecule has 1 heterocycles. The van der Waals surface area contributed by atoms with Crippen LogP contribution in [0.15, 0.2) is 24.3 Å². The standard InChI is InChI=1S/C14H20N4S/c1-3-12(9-15)16-14-17-13(18-19-14)8-11-6-4-5-10(2)7-11/h4-7,12H,3,8-9,15H2,1-2H3,(H,16,17,18). The number of nitrogens with one attached hydrogen (secondary N) is 1. The SMILES string of the molecule is CCC(CN)Nc1nc(Cc2cccc(C)c2)ns1. The molecule has 3 N–H and O–H groups in total. The van der Waals surface area contributed by atoms with Gasteiger partial charge in [0.2, 0.25) is 5.13 Å². The van der Waals surface area contributed by atoms with Gasteiger partial charge in [0.15, 0.2) is 0 Å². The molecule has 0 fully saturated rings. The van der Waals surface area contributed by atoms with Gasteiger partial charge in [0.25, 0.3) is 0 Å². The highest BCUT2D eigenvalue weighted by atomic mass is 32.1. The molecular formula is C14H20N4S. The van der Waals surface area contributed by atoms with Gasteiger partial charge < -0.3 is 11.1 Å². The minimum absolute atomic E-state index is 0.278. The fraction of sp³-hybridized carbons (Fsp3) is 0.429. The third-order valence-electron chi connectivity index (χ3n) is 3.02. The zero-order valence-corrected chi connectivity index (χ0v) is 12.2. The highest BCUT2D eigenvalue weighted by Crippen LogP contribution is 2.16. The zero-order chi connectivity index (χ0) is 13.7. The van der Waals surface area contributed by atoms with Gasteiger partial charge in [-0.3, -0.25) is 0 Å². The van der Waals surface area contributed by atoms with Crippen LogP contribution in [0.4, 0.5) is 5.13 Å². The third-order valence-corrected chi connectivity index (χ3v) is 3.70. The van der Waals surface area contributed by atoms with Crippen LogP contribution in [-0.2, 0) is 6.42 Å². The number of hydrogen-bond acceptors (Lipinski definition) is 5. The molecule has 0 saturated carbocycles. The number of rotatable bonds is 6. The molecule has 4 nitrogen and oxygen atoms in total. The van der Waals surface area contributed by atoms with E-state index < -0.39 is 0 Å². The van der Waals surface area contributed by atoms with Crippen molar-refractivity contribution in [2.45, 2.75) is 32.7 Å². The molecule has 0 aliphatic heterocycles. The highest BCUT2D eigenvalue weighted by Gasteiger charge is 2.09. The molecule has 0 aliphatic carbocycles. The predicted octanol–water partition coefficient (Wildman–Crippen LogP) is 2.59. The van der Waals surface area contributed by atoms with Crippen LogP contribution in [0, 0.1) is 6.92 Å². The molecule has 102 valence electrons. The number of aromatic nitrogens is 2. The predicted molar refractivity (Wildman–Crippen MR) is 80.7 cm³/mol. The van der Waals surface area contributed by atoms with Gasteiger partial charge in [-0.25, -0.2) is 4.98 Å². The molecule has 1 aromatic heterocycles. The van der Waals surface area contributed by atoms with Crippen LogP contribution in [0.2, 0.25) is 0 Å². The molecule has 1 aromatic carbocycles. The van der Waals surface area contributed by atoms with Crippen LogP contribution in [0.5, 0.6) is 0 Å². The maximum Gasteiger partial charge on any atom is 0.202 e. The van der Waals surface area contributed by atoms with Crippen molar-refractivity contribution >= 4 is 16.7 Å². The Balaban J connectivity index is 2.01. The second kappa shape index (κ2) is 6.63. The lowest BCUT2D eigenvalue weighted by molar-refractivity contribution is 0.702. The molecule has 0 saturated heterocycles. The Hall–Kier alpha value is -1.46. The largest absolute Gasteiger partial charge is 0.356 e. The quantitative estimate of drug-likeness (QED) is 0.851.